The lowest BCUT2D eigenvalue weighted by molar-refractivity contribution is 0.187. The molecule has 0 radical (unpaired) electrons. The maximum atomic E-state index is 10.2. The number of rotatable bonds is 4. The predicted octanol–water partition coefficient (Wildman–Crippen LogP) is 4.30. The Morgan fingerprint density at radius 1 is 1.16 bits per heavy atom. The van der Waals surface area contributed by atoms with Gasteiger partial charge in [-0.15, -0.1) is 24.0 Å². The van der Waals surface area contributed by atoms with Gasteiger partial charge in [-0.2, -0.15) is 0 Å². The maximum absolute atomic E-state index is 10.2. The number of nitrogens with one attached hydrogen (secondary N) is 1. The highest BCUT2D eigenvalue weighted by Crippen LogP contribution is 2.28. The lowest BCUT2D eigenvalue weighted by Gasteiger charge is -2.20. The van der Waals surface area contributed by atoms with Crippen molar-refractivity contribution in [2.75, 3.05) is 11.9 Å². The molecule has 25 heavy (non-hydrogen) atoms. The van der Waals surface area contributed by atoms with Gasteiger partial charge in [0.15, 0.2) is 5.96 Å². The second-order valence-corrected chi connectivity index (χ2v) is 6.45. The normalized spacial score (nSPS) is 15.0. The first-order chi connectivity index (χ1) is 11.6. The Kier molecular flexibility index (Phi) is 7.53. The van der Waals surface area contributed by atoms with E-state index in [0.717, 1.165) is 18.5 Å². The molecule has 1 unspecified atom stereocenters. The molecule has 1 aliphatic carbocycles. The van der Waals surface area contributed by atoms with Crippen molar-refractivity contribution in [2.45, 2.75) is 31.8 Å². The highest BCUT2D eigenvalue weighted by atomic mass is 127. The van der Waals surface area contributed by atoms with E-state index in [1.54, 1.807) is 12.1 Å². The van der Waals surface area contributed by atoms with Gasteiger partial charge < -0.3 is 16.2 Å². The average Bonchev–Trinajstić information content (AvgIpc) is 2.60. The third kappa shape index (κ3) is 5.09. The molecule has 0 saturated heterocycles. The number of anilines is 1. The summed E-state index contributed by atoms with van der Waals surface area (Å²) in [7, 11) is 0. The largest absolute Gasteiger partial charge is 0.386 e. The Labute approximate surface area is 170 Å². The van der Waals surface area contributed by atoms with Crippen LogP contribution in [-0.2, 0) is 12.8 Å². The molecule has 134 valence electrons. The van der Waals surface area contributed by atoms with Gasteiger partial charge in [-0.1, -0.05) is 41.9 Å². The molecule has 0 aromatic heterocycles. The highest BCUT2D eigenvalue weighted by Gasteiger charge is 2.14. The number of nitrogens with zero attached hydrogens (tertiary/aromatic N) is 1. The molecule has 0 fully saturated rings. The van der Waals surface area contributed by atoms with Crippen molar-refractivity contribution in [2.24, 2.45) is 10.7 Å². The highest BCUT2D eigenvalue weighted by molar-refractivity contribution is 14.0. The number of guanidine groups is 1. The monoisotopic (exact) mass is 471 g/mol. The molecule has 2 aromatic carbocycles. The summed E-state index contributed by atoms with van der Waals surface area (Å²) in [6, 6.07) is 13.5. The molecule has 6 heteroatoms. The Bertz CT molecular complexity index is 751. The average molecular weight is 472 g/mol. The van der Waals surface area contributed by atoms with Crippen molar-refractivity contribution in [1.82, 2.24) is 0 Å². The summed E-state index contributed by atoms with van der Waals surface area (Å²) in [5.74, 6) is 0.306. The fraction of sp³-hybridized carbons (Fsp3) is 0.316. The maximum Gasteiger partial charge on any atom is 0.193 e. The Morgan fingerprint density at radius 3 is 2.72 bits per heavy atom. The molecule has 1 atom stereocenters. The van der Waals surface area contributed by atoms with Crippen LogP contribution in [-0.4, -0.2) is 17.6 Å². The number of nitrogens with two attached hydrogens (primary N) is 1. The minimum atomic E-state index is -0.774. The van der Waals surface area contributed by atoms with E-state index in [0.29, 0.717) is 16.5 Å². The second-order valence-electron chi connectivity index (χ2n) is 6.04. The van der Waals surface area contributed by atoms with E-state index in [4.69, 9.17) is 17.3 Å². The molecule has 0 saturated carbocycles. The quantitative estimate of drug-likeness (QED) is 0.354. The van der Waals surface area contributed by atoms with Gasteiger partial charge in [0.1, 0.15) is 6.10 Å². The van der Waals surface area contributed by atoms with Crippen molar-refractivity contribution in [3.05, 3.63) is 64.2 Å². The van der Waals surface area contributed by atoms with Gasteiger partial charge in [-0.05, 0) is 48.9 Å². The van der Waals surface area contributed by atoms with Crippen LogP contribution in [0.1, 0.15) is 35.6 Å². The van der Waals surface area contributed by atoms with Crippen molar-refractivity contribution in [1.29, 1.82) is 0 Å². The van der Waals surface area contributed by atoms with Gasteiger partial charge in [0.25, 0.3) is 0 Å². The molecule has 4 N–H and O–H groups in total. The fourth-order valence-corrected chi connectivity index (χ4v) is 3.37. The van der Waals surface area contributed by atoms with Crippen LogP contribution in [0.25, 0.3) is 0 Å². The molecule has 0 heterocycles. The lowest BCUT2D eigenvalue weighted by Crippen LogP contribution is -2.25. The number of aliphatic imine (C=N–C) groups is 1. The van der Waals surface area contributed by atoms with E-state index in [1.807, 2.05) is 24.3 Å². The molecule has 2 aromatic rings. The summed E-state index contributed by atoms with van der Waals surface area (Å²) in [4.78, 5) is 4.26. The molecular formula is C19H23ClIN3O. The zero-order valence-electron chi connectivity index (χ0n) is 13.9. The van der Waals surface area contributed by atoms with Crippen LogP contribution in [0.5, 0.6) is 0 Å². The number of aliphatic hydroxyl groups excluding tert-OH is 1. The fourth-order valence-electron chi connectivity index (χ4n) is 3.10. The lowest BCUT2D eigenvalue weighted by atomic mass is 9.90. The minimum Gasteiger partial charge on any atom is -0.386 e. The van der Waals surface area contributed by atoms with E-state index < -0.39 is 6.10 Å². The summed E-state index contributed by atoms with van der Waals surface area (Å²) in [6.07, 6.45) is 3.85. The molecule has 3 rings (SSSR count). The van der Waals surface area contributed by atoms with Crippen molar-refractivity contribution >= 4 is 47.2 Å². The summed E-state index contributed by atoms with van der Waals surface area (Å²) in [5, 5.41) is 13.9. The molecule has 4 nitrogen and oxygen atoms in total. The third-order valence-corrected chi connectivity index (χ3v) is 4.70. The first kappa shape index (κ1) is 20.0. The Balaban J connectivity index is 0.00000225. The molecule has 0 bridgehead atoms. The number of fused-ring (bicyclic) bond motifs is 1. The number of aliphatic hydroxyl groups is 1. The van der Waals surface area contributed by atoms with Crippen molar-refractivity contribution in [3.63, 3.8) is 0 Å². The van der Waals surface area contributed by atoms with Crippen LogP contribution in [0.15, 0.2) is 47.5 Å². The summed E-state index contributed by atoms with van der Waals surface area (Å²) >= 11 is 6.09. The summed E-state index contributed by atoms with van der Waals surface area (Å²) < 4.78 is 0. The molecule has 0 aliphatic heterocycles. The Hall–Kier alpha value is -1.31. The van der Waals surface area contributed by atoms with Crippen LogP contribution in [0.2, 0.25) is 5.02 Å². The van der Waals surface area contributed by atoms with Crippen LogP contribution >= 0.6 is 35.6 Å². The van der Waals surface area contributed by atoms with Gasteiger partial charge in [0.2, 0.25) is 0 Å². The first-order valence-corrected chi connectivity index (χ1v) is 8.63. The summed E-state index contributed by atoms with van der Waals surface area (Å²) in [6.45, 7) is 0.164. The first-order valence-electron chi connectivity index (χ1n) is 8.25. The van der Waals surface area contributed by atoms with Crippen LogP contribution in [0, 0.1) is 0 Å². The topological polar surface area (TPSA) is 70.6 Å². The van der Waals surface area contributed by atoms with Gasteiger partial charge in [0.05, 0.1) is 6.54 Å². The number of hydrogen-bond acceptors (Lipinski definition) is 2. The minimum absolute atomic E-state index is 0. The van der Waals surface area contributed by atoms with Gasteiger partial charge in [-0.25, -0.2) is 0 Å². The number of aryl methyl sites for hydroxylation is 1. The van der Waals surface area contributed by atoms with Crippen LogP contribution in [0.4, 0.5) is 5.69 Å². The van der Waals surface area contributed by atoms with E-state index in [-0.39, 0.29) is 30.5 Å². The third-order valence-electron chi connectivity index (χ3n) is 4.36. The summed E-state index contributed by atoms with van der Waals surface area (Å²) in [5.41, 5.74) is 10.4. The SMILES string of the molecule is I.NC(=NCC(O)c1ccccc1Cl)Nc1cccc2c1CCCC2. The van der Waals surface area contributed by atoms with E-state index in [2.05, 4.69) is 16.4 Å². The van der Waals surface area contributed by atoms with E-state index in [1.165, 1.54) is 24.0 Å². The van der Waals surface area contributed by atoms with Gasteiger partial charge >= 0.3 is 0 Å². The number of benzene rings is 2. The van der Waals surface area contributed by atoms with Gasteiger partial charge in [-0.3, -0.25) is 4.99 Å². The number of halogens is 2. The number of hydrogen-bond donors (Lipinski definition) is 3. The zero-order chi connectivity index (χ0) is 16.9. The molecule has 1 aliphatic rings. The molecule has 0 spiro atoms. The van der Waals surface area contributed by atoms with Crippen LogP contribution in [0.3, 0.4) is 0 Å². The van der Waals surface area contributed by atoms with Crippen molar-refractivity contribution < 1.29 is 5.11 Å². The van der Waals surface area contributed by atoms with E-state index >= 15 is 0 Å². The van der Waals surface area contributed by atoms with Gasteiger partial charge in [0, 0.05) is 16.3 Å². The van der Waals surface area contributed by atoms with E-state index in [9.17, 15) is 5.11 Å². The smallest absolute Gasteiger partial charge is 0.193 e. The van der Waals surface area contributed by atoms with Crippen LogP contribution < -0.4 is 11.1 Å². The zero-order valence-corrected chi connectivity index (χ0v) is 17.0. The molecule has 0 amide bonds. The standard InChI is InChI=1S/C19H22ClN3O.HI/c20-16-10-4-3-9-15(16)18(24)12-22-19(21)23-17-11-5-7-13-6-1-2-8-14(13)17;/h3-5,7,9-11,18,24H,1-2,6,8,12H2,(H3,21,22,23);1H. The Morgan fingerprint density at radius 2 is 1.92 bits per heavy atom. The second kappa shape index (κ2) is 9.40. The molecular weight excluding hydrogens is 449 g/mol. The predicted molar refractivity (Wildman–Crippen MR) is 115 cm³/mol. The van der Waals surface area contributed by atoms with Crippen molar-refractivity contribution in [3.8, 4) is 0 Å².